The van der Waals surface area contributed by atoms with E-state index in [4.69, 9.17) is 14.2 Å². The number of hydrogen-bond donors (Lipinski definition) is 0. The zero-order chi connectivity index (χ0) is 18.0. The van der Waals surface area contributed by atoms with Crippen molar-refractivity contribution in [1.29, 1.82) is 0 Å². The monoisotopic (exact) mass is 348 g/mol. The van der Waals surface area contributed by atoms with Gasteiger partial charge in [-0.1, -0.05) is 13.8 Å². The van der Waals surface area contributed by atoms with Crippen molar-refractivity contribution in [2.75, 3.05) is 6.79 Å². The first-order valence-corrected chi connectivity index (χ1v) is 8.23. The first-order chi connectivity index (χ1) is 10.6. The maximum atomic E-state index is 11.8. The summed E-state index contributed by atoms with van der Waals surface area (Å²) >= 11 is 0.679. The minimum absolute atomic E-state index is 0.00463. The predicted octanol–water partition coefficient (Wildman–Crippen LogP) is 2.70. The molecule has 0 saturated heterocycles. The molecule has 0 aromatic heterocycles. The average molecular weight is 348 g/mol. The minimum Gasteiger partial charge on any atom is -0.463 e. The molecule has 132 valence electrons. The smallest absolute Gasteiger partial charge is 0.370 e. The van der Waals surface area contributed by atoms with Gasteiger partial charge in [0.15, 0.2) is 0 Å². The van der Waals surface area contributed by atoms with Crippen LogP contribution in [0.2, 0.25) is 0 Å². The van der Waals surface area contributed by atoms with Crippen molar-refractivity contribution in [3.63, 3.8) is 0 Å². The molecule has 0 aromatic carbocycles. The minimum atomic E-state index is -0.716. The number of esters is 2. The van der Waals surface area contributed by atoms with E-state index in [2.05, 4.69) is 0 Å². The van der Waals surface area contributed by atoms with E-state index in [1.807, 2.05) is 0 Å². The molecule has 0 N–H and O–H groups in total. The number of carbonyl (C=O) groups excluding carboxylic acids is 4. The number of rotatable bonds is 9. The lowest BCUT2D eigenvalue weighted by atomic mass is 10.2. The lowest BCUT2D eigenvalue weighted by molar-refractivity contribution is -0.155. The molecule has 0 bridgehead atoms. The van der Waals surface area contributed by atoms with Crippen molar-refractivity contribution >= 4 is 34.8 Å². The van der Waals surface area contributed by atoms with Crippen molar-refractivity contribution in [1.82, 2.24) is 0 Å². The van der Waals surface area contributed by atoms with Gasteiger partial charge in [-0.15, -0.1) is 0 Å². The van der Waals surface area contributed by atoms with E-state index in [-0.39, 0.29) is 30.6 Å². The van der Waals surface area contributed by atoms with Gasteiger partial charge in [0.05, 0.1) is 23.7 Å². The van der Waals surface area contributed by atoms with Gasteiger partial charge in [0, 0.05) is 6.42 Å². The molecule has 8 heteroatoms. The summed E-state index contributed by atoms with van der Waals surface area (Å²) in [7, 11) is 0. The number of hydrogen-bond acceptors (Lipinski definition) is 8. The molecule has 23 heavy (non-hydrogen) atoms. The topological polar surface area (TPSA) is 96.0 Å². The number of ketones is 1. The van der Waals surface area contributed by atoms with Crippen LogP contribution in [0.3, 0.4) is 0 Å². The van der Waals surface area contributed by atoms with Gasteiger partial charge >= 0.3 is 17.2 Å². The van der Waals surface area contributed by atoms with Crippen LogP contribution in [0.15, 0.2) is 0 Å². The van der Waals surface area contributed by atoms with E-state index >= 15 is 0 Å². The molecule has 0 aliphatic heterocycles. The third-order valence-corrected chi connectivity index (χ3v) is 3.45. The van der Waals surface area contributed by atoms with Gasteiger partial charge in [0.1, 0.15) is 5.78 Å². The SMILES string of the molecule is CC(C)OC(=O)CCC(=O)C(C)SC(=O)OCOC(=O)C(C)C. The highest BCUT2D eigenvalue weighted by Gasteiger charge is 2.20. The normalized spacial score (nSPS) is 12.0. The van der Waals surface area contributed by atoms with Crippen LogP contribution in [0.5, 0.6) is 0 Å². The molecule has 0 radical (unpaired) electrons. The summed E-state index contributed by atoms with van der Waals surface area (Å²) in [4.78, 5) is 45.8. The summed E-state index contributed by atoms with van der Waals surface area (Å²) in [5.74, 6) is -1.50. The van der Waals surface area contributed by atoms with Crippen LogP contribution in [-0.4, -0.2) is 41.2 Å². The molecule has 0 saturated carbocycles. The summed E-state index contributed by atoms with van der Waals surface area (Å²) < 4.78 is 14.3. The molecule has 0 fully saturated rings. The average Bonchev–Trinajstić information content (AvgIpc) is 2.43. The molecular formula is C15H24O7S. The first kappa shape index (κ1) is 21.4. The molecular weight excluding hydrogens is 324 g/mol. The highest BCUT2D eigenvalue weighted by atomic mass is 32.2. The van der Waals surface area contributed by atoms with Crippen LogP contribution in [0, 0.1) is 5.92 Å². The Morgan fingerprint density at radius 3 is 2.04 bits per heavy atom. The lowest BCUT2D eigenvalue weighted by Crippen LogP contribution is -2.20. The summed E-state index contributed by atoms with van der Waals surface area (Å²) in [5, 5.41) is -1.37. The Bertz CT molecular complexity index is 432. The van der Waals surface area contributed by atoms with Gasteiger partial charge in [0.25, 0.3) is 0 Å². The Hall–Kier alpha value is -1.57. The zero-order valence-electron chi connectivity index (χ0n) is 14.1. The van der Waals surface area contributed by atoms with Crippen molar-refractivity contribution in [3.8, 4) is 0 Å². The highest BCUT2D eigenvalue weighted by molar-refractivity contribution is 8.14. The summed E-state index contributed by atoms with van der Waals surface area (Å²) in [6.45, 7) is 7.82. The summed E-state index contributed by atoms with van der Waals surface area (Å²) in [6.07, 6.45) is -0.258. The predicted molar refractivity (Wildman–Crippen MR) is 84.8 cm³/mol. The molecule has 0 aliphatic carbocycles. The van der Waals surface area contributed by atoms with Crippen molar-refractivity contribution < 1.29 is 33.4 Å². The Labute approximate surface area is 140 Å². The molecule has 0 spiro atoms. The zero-order valence-corrected chi connectivity index (χ0v) is 14.9. The third kappa shape index (κ3) is 10.7. The summed E-state index contributed by atoms with van der Waals surface area (Å²) in [5.41, 5.74) is 0. The van der Waals surface area contributed by atoms with Crippen molar-refractivity contribution in [3.05, 3.63) is 0 Å². The van der Waals surface area contributed by atoms with E-state index in [0.29, 0.717) is 11.8 Å². The Balaban J connectivity index is 4.00. The fourth-order valence-electron chi connectivity index (χ4n) is 1.30. The van der Waals surface area contributed by atoms with Crippen LogP contribution < -0.4 is 0 Å². The number of carbonyl (C=O) groups is 4. The largest absolute Gasteiger partial charge is 0.463 e. The van der Waals surface area contributed by atoms with Gasteiger partial charge in [0.2, 0.25) is 6.79 Å². The molecule has 0 amide bonds. The second kappa shape index (κ2) is 11.0. The van der Waals surface area contributed by atoms with Gasteiger partial charge in [-0.25, -0.2) is 4.79 Å². The Morgan fingerprint density at radius 2 is 1.52 bits per heavy atom. The molecule has 0 heterocycles. The number of Topliss-reactive ketones (excluding diaryl/α,β-unsaturated/α-hetero) is 1. The van der Waals surface area contributed by atoms with Crippen LogP contribution in [-0.2, 0) is 28.6 Å². The van der Waals surface area contributed by atoms with Crippen LogP contribution in [0.1, 0.15) is 47.5 Å². The van der Waals surface area contributed by atoms with E-state index in [1.165, 1.54) is 0 Å². The molecule has 0 aliphatic rings. The van der Waals surface area contributed by atoms with Crippen molar-refractivity contribution in [2.24, 2.45) is 5.92 Å². The Morgan fingerprint density at radius 1 is 0.913 bits per heavy atom. The highest BCUT2D eigenvalue weighted by Crippen LogP contribution is 2.17. The number of thioether (sulfide) groups is 1. The molecule has 1 atom stereocenters. The lowest BCUT2D eigenvalue weighted by Gasteiger charge is -2.11. The van der Waals surface area contributed by atoms with E-state index in [0.717, 1.165) is 0 Å². The van der Waals surface area contributed by atoms with Gasteiger partial charge in [-0.3, -0.25) is 14.4 Å². The van der Waals surface area contributed by atoms with Gasteiger partial charge < -0.3 is 14.2 Å². The summed E-state index contributed by atoms with van der Waals surface area (Å²) in [6, 6.07) is 0. The maximum absolute atomic E-state index is 11.8. The van der Waals surface area contributed by atoms with Crippen LogP contribution in [0.4, 0.5) is 4.79 Å². The maximum Gasteiger partial charge on any atom is 0.370 e. The Kier molecular flexibility index (Phi) is 10.3. The first-order valence-electron chi connectivity index (χ1n) is 7.35. The van der Waals surface area contributed by atoms with Crippen LogP contribution in [0.25, 0.3) is 0 Å². The third-order valence-electron chi connectivity index (χ3n) is 2.52. The molecule has 0 aromatic rings. The second-order valence-corrected chi connectivity index (χ2v) is 6.67. The van der Waals surface area contributed by atoms with Gasteiger partial charge in [-0.2, -0.15) is 0 Å². The van der Waals surface area contributed by atoms with Gasteiger partial charge in [-0.05, 0) is 32.5 Å². The quantitative estimate of drug-likeness (QED) is 0.463. The molecule has 7 nitrogen and oxygen atoms in total. The fourth-order valence-corrected chi connectivity index (χ4v) is 1.95. The number of ether oxygens (including phenoxy) is 3. The van der Waals surface area contributed by atoms with E-state index < -0.39 is 29.3 Å². The second-order valence-electron chi connectivity index (χ2n) is 5.40. The van der Waals surface area contributed by atoms with Crippen molar-refractivity contribution in [2.45, 2.75) is 58.8 Å². The standard InChI is InChI=1S/C15H24O7S/c1-9(2)14(18)20-8-21-15(19)23-11(5)12(16)6-7-13(17)22-10(3)4/h9-11H,6-8H2,1-5H3. The molecule has 0 rings (SSSR count). The van der Waals surface area contributed by atoms with E-state index in [1.54, 1.807) is 34.6 Å². The molecule has 1 unspecified atom stereocenters. The fraction of sp³-hybridized carbons (Fsp3) is 0.733. The van der Waals surface area contributed by atoms with Crippen LogP contribution >= 0.6 is 11.8 Å². The van der Waals surface area contributed by atoms with E-state index in [9.17, 15) is 19.2 Å².